The predicted octanol–water partition coefficient (Wildman–Crippen LogP) is 0.722. The van der Waals surface area contributed by atoms with E-state index in [4.69, 9.17) is 5.73 Å². The fraction of sp³-hybridized carbons (Fsp3) is 0. The Balaban J connectivity index is 2.82. The average molecular weight is 193 g/mol. The summed E-state index contributed by atoms with van der Waals surface area (Å²) in [5.74, 6) is -0.482. The van der Waals surface area contributed by atoms with E-state index in [1.165, 1.54) is 0 Å². The first-order valence-corrected chi connectivity index (χ1v) is 4.09. The average Bonchev–Trinajstić information content (AvgIpc) is 2.43. The lowest BCUT2D eigenvalue weighted by Crippen LogP contribution is -2.12. The van der Waals surface area contributed by atoms with Crippen LogP contribution >= 0.6 is 12.6 Å². The van der Waals surface area contributed by atoms with Crippen LogP contribution in [-0.4, -0.2) is 15.3 Å². The molecule has 0 saturated heterocycles. The first-order valence-electron chi connectivity index (χ1n) is 3.65. The molecule has 2 aromatic heterocycles. The van der Waals surface area contributed by atoms with Crippen molar-refractivity contribution in [1.29, 1.82) is 0 Å². The molecule has 1 amide bonds. The van der Waals surface area contributed by atoms with Crippen LogP contribution in [-0.2, 0) is 0 Å². The van der Waals surface area contributed by atoms with Crippen LogP contribution in [0.2, 0.25) is 0 Å². The van der Waals surface area contributed by atoms with Gasteiger partial charge in [-0.25, -0.2) is 4.98 Å². The molecule has 0 aliphatic heterocycles. The molecule has 0 fully saturated rings. The minimum atomic E-state index is -0.482. The van der Waals surface area contributed by atoms with Crippen LogP contribution in [0, 0.1) is 0 Å². The van der Waals surface area contributed by atoms with E-state index in [1.54, 1.807) is 28.9 Å². The zero-order valence-corrected chi connectivity index (χ0v) is 7.53. The summed E-state index contributed by atoms with van der Waals surface area (Å²) in [4.78, 5) is 15.0. The minimum absolute atomic E-state index is 0.405. The van der Waals surface area contributed by atoms with Crippen molar-refractivity contribution in [2.75, 3.05) is 0 Å². The molecule has 0 aliphatic carbocycles. The fourth-order valence-corrected chi connectivity index (χ4v) is 1.41. The number of primary amides is 1. The third-order valence-corrected chi connectivity index (χ3v) is 1.95. The number of aromatic nitrogens is 2. The summed E-state index contributed by atoms with van der Waals surface area (Å²) in [6.45, 7) is 0. The van der Waals surface area contributed by atoms with Crippen LogP contribution in [0.1, 0.15) is 10.4 Å². The van der Waals surface area contributed by atoms with Crippen molar-refractivity contribution in [3.63, 3.8) is 0 Å². The SMILES string of the molecule is NC(=O)c1cccn2cc(S)nc12. The first kappa shape index (κ1) is 8.12. The van der Waals surface area contributed by atoms with Crippen LogP contribution in [0.3, 0.4) is 0 Å². The van der Waals surface area contributed by atoms with Gasteiger partial charge in [-0.1, -0.05) is 0 Å². The molecule has 0 unspecified atom stereocenters. The molecule has 0 radical (unpaired) electrons. The van der Waals surface area contributed by atoms with Gasteiger partial charge in [0.25, 0.3) is 5.91 Å². The number of hydrogen-bond donors (Lipinski definition) is 2. The Morgan fingerprint density at radius 3 is 3.08 bits per heavy atom. The van der Waals surface area contributed by atoms with Crippen LogP contribution < -0.4 is 5.73 Å². The number of amides is 1. The van der Waals surface area contributed by atoms with E-state index < -0.39 is 5.91 Å². The summed E-state index contributed by atoms with van der Waals surface area (Å²) in [6, 6.07) is 3.37. The highest BCUT2D eigenvalue weighted by Gasteiger charge is 2.08. The summed E-state index contributed by atoms with van der Waals surface area (Å²) in [5, 5.41) is 0.564. The lowest BCUT2D eigenvalue weighted by atomic mass is 10.2. The highest BCUT2D eigenvalue weighted by atomic mass is 32.1. The standard InChI is InChI=1S/C8H7N3OS/c9-7(12)5-2-1-3-11-4-6(13)10-8(5)11/h1-4,13H,(H2,9,12). The second-order valence-corrected chi connectivity index (χ2v) is 3.07. The number of imidazole rings is 1. The van der Waals surface area contributed by atoms with Gasteiger partial charge in [-0.05, 0) is 12.1 Å². The van der Waals surface area contributed by atoms with Crippen molar-refractivity contribution in [2.45, 2.75) is 5.03 Å². The summed E-state index contributed by atoms with van der Waals surface area (Å²) >= 11 is 4.07. The second kappa shape index (κ2) is 2.77. The predicted molar refractivity (Wildman–Crippen MR) is 51.0 cm³/mol. The molecule has 4 nitrogen and oxygen atoms in total. The Morgan fingerprint density at radius 1 is 1.62 bits per heavy atom. The van der Waals surface area contributed by atoms with Gasteiger partial charge in [0.1, 0.15) is 5.03 Å². The largest absolute Gasteiger partial charge is 0.365 e. The monoisotopic (exact) mass is 193 g/mol. The summed E-state index contributed by atoms with van der Waals surface area (Å²) in [5.41, 5.74) is 6.12. The second-order valence-electron chi connectivity index (χ2n) is 2.62. The van der Waals surface area contributed by atoms with Crippen LogP contribution in [0.15, 0.2) is 29.6 Å². The van der Waals surface area contributed by atoms with Gasteiger partial charge in [-0.2, -0.15) is 0 Å². The molecule has 0 bridgehead atoms. The van der Waals surface area contributed by atoms with E-state index in [0.717, 1.165) is 0 Å². The van der Waals surface area contributed by atoms with E-state index in [9.17, 15) is 4.79 Å². The zero-order valence-electron chi connectivity index (χ0n) is 6.64. The van der Waals surface area contributed by atoms with Gasteiger partial charge in [0.15, 0.2) is 5.65 Å². The Bertz CT molecular complexity index is 477. The molecule has 0 saturated carbocycles. The number of pyridine rings is 1. The van der Waals surface area contributed by atoms with Crippen molar-refractivity contribution in [3.05, 3.63) is 30.1 Å². The molecule has 0 aromatic carbocycles. The first-order chi connectivity index (χ1) is 6.18. The van der Waals surface area contributed by atoms with Crippen molar-refractivity contribution >= 4 is 24.2 Å². The van der Waals surface area contributed by atoms with Gasteiger partial charge < -0.3 is 10.1 Å². The van der Waals surface area contributed by atoms with Crippen molar-refractivity contribution in [2.24, 2.45) is 5.73 Å². The molecule has 0 aliphatic rings. The molecular formula is C8H7N3OS. The lowest BCUT2D eigenvalue weighted by molar-refractivity contribution is 0.100. The van der Waals surface area contributed by atoms with Crippen molar-refractivity contribution < 1.29 is 4.79 Å². The maximum absolute atomic E-state index is 11.0. The molecular weight excluding hydrogens is 186 g/mol. The number of nitrogens with two attached hydrogens (primary N) is 1. The van der Waals surface area contributed by atoms with Gasteiger partial charge in [0.05, 0.1) is 5.56 Å². The maximum atomic E-state index is 11.0. The molecule has 5 heteroatoms. The minimum Gasteiger partial charge on any atom is -0.365 e. The number of rotatable bonds is 1. The number of thiol groups is 1. The zero-order chi connectivity index (χ0) is 9.42. The normalized spacial score (nSPS) is 10.5. The van der Waals surface area contributed by atoms with Crippen molar-refractivity contribution in [1.82, 2.24) is 9.38 Å². The number of fused-ring (bicyclic) bond motifs is 1. The van der Waals surface area contributed by atoms with Gasteiger partial charge in [-0.3, -0.25) is 4.79 Å². The van der Waals surface area contributed by atoms with Gasteiger partial charge in [-0.15, -0.1) is 12.6 Å². The quantitative estimate of drug-likeness (QED) is 0.656. The molecule has 13 heavy (non-hydrogen) atoms. The topological polar surface area (TPSA) is 60.4 Å². The summed E-state index contributed by atoms with van der Waals surface area (Å²) < 4.78 is 1.71. The van der Waals surface area contributed by atoms with E-state index in [0.29, 0.717) is 16.2 Å². The highest BCUT2D eigenvalue weighted by molar-refractivity contribution is 7.80. The lowest BCUT2D eigenvalue weighted by Gasteiger charge is -1.96. The van der Waals surface area contributed by atoms with Crippen LogP contribution in [0.5, 0.6) is 0 Å². The van der Waals surface area contributed by atoms with E-state index in [1.807, 2.05) is 0 Å². The number of carbonyl (C=O) groups is 1. The Morgan fingerprint density at radius 2 is 2.38 bits per heavy atom. The third kappa shape index (κ3) is 1.27. The number of carbonyl (C=O) groups excluding carboxylic acids is 1. The summed E-state index contributed by atoms with van der Waals surface area (Å²) in [7, 11) is 0. The molecule has 2 N–H and O–H groups in total. The smallest absolute Gasteiger partial charge is 0.252 e. The van der Waals surface area contributed by atoms with Crippen LogP contribution in [0.25, 0.3) is 5.65 Å². The van der Waals surface area contributed by atoms with Gasteiger partial charge in [0.2, 0.25) is 0 Å². The molecule has 2 aromatic rings. The fourth-order valence-electron chi connectivity index (χ4n) is 1.19. The van der Waals surface area contributed by atoms with Crippen LogP contribution in [0.4, 0.5) is 0 Å². The number of nitrogens with zero attached hydrogens (tertiary/aromatic N) is 2. The summed E-state index contributed by atoms with van der Waals surface area (Å²) in [6.07, 6.45) is 3.50. The number of hydrogen-bond acceptors (Lipinski definition) is 3. The Labute approximate surface area is 79.8 Å². The van der Waals surface area contributed by atoms with E-state index in [2.05, 4.69) is 17.6 Å². The Kier molecular flexibility index (Phi) is 1.73. The molecule has 2 rings (SSSR count). The van der Waals surface area contributed by atoms with Gasteiger partial charge in [0, 0.05) is 12.4 Å². The Hall–Kier alpha value is -1.49. The van der Waals surface area contributed by atoms with Crippen molar-refractivity contribution in [3.8, 4) is 0 Å². The highest BCUT2D eigenvalue weighted by Crippen LogP contribution is 2.12. The molecule has 0 spiro atoms. The van der Waals surface area contributed by atoms with Gasteiger partial charge >= 0.3 is 0 Å². The molecule has 2 heterocycles. The molecule has 66 valence electrons. The van der Waals surface area contributed by atoms with E-state index in [-0.39, 0.29) is 0 Å². The maximum Gasteiger partial charge on any atom is 0.252 e. The van der Waals surface area contributed by atoms with E-state index >= 15 is 0 Å². The third-order valence-electron chi connectivity index (χ3n) is 1.74. The molecule has 0 atom stereocenters.